The molecule has 29 heavy (non-hydrogen) atoms. The Morgan fingerprint density at radius 2 is 1.62 bits per heavy atom. The fourth-order valence-corrected chi connectivity index (χ4v) is 4.14. The lowest BCUT2D eigenvalue weighted by molar-refractivity contribution is -0.134. The molecule has 0 spiro atoms. The molecule has 6 nitrogen and oxygen atoms in total. The smallest absolute Gasteiger partial charge is 0.319 e. The van der Waals surface area contributed by atoms with E-state index in [2.05, 4.69) is 0 Å². The number of aliphatic hydroxyl groups excluding tert-OH is 1. The second-order valence-electron chi connectivity index (χ2n) is 6.57. The van der Waals surface area contributed by atoms with Crippen molar-refractivity contribution >= 4 is 27.2 Å². The van der Waals surface area contributed by atoms with E-state index in [0.29, 0.717) is 0 Å². The van der Waals surface area contributed by atoms with Crippen molar-refractivity contribution in [2.24, 2.45) is 0 Å². The monoisotopic (exact) mass is 411 g/mol. The van der Waals surface area contributed by atoms with Crippen LogP contribution in [-0.2, 0) is 21.2 Å². The van der Waals surface area contributed by atoms with Crippen LogP contribution in [-0.4, -0.2) is 37.4 Å². The zero-order valence-electron chi connectivity index (χ0n) is 15.8. The maximum Gasteiger partial charge on any atom is 0.319 e. The van der Waals surface area contributed by atoms with E-state index in [-0.39, 0.29) is 11.5 Å². The van der Waals surface area contributed by atoms with Crippen molar-refractivity contribution in [1.29, 1.82) is 0 Å². The van der Waals surface area contributed by atoms with Gasteiger partial charge < -0.3 is 15.1 Å². The molecule has 0 heterocycles. The minimum absolute atomic E-state index is 0.0253. The van der Waals surface area contributed by atoms with Gasteiger partial charge in [-0.15, -0.1) is 0 Å². The number of benzene rings is 3. The van der Waals surface area contributed by atoms with Gasteiger partial charge in [-0.2, -0.15) is 0 Å². The van der Waals surface area contributed by atoms with E-state index >= 15 is 0 Å². The molecule has 0 aliphatic heterocycles. The number of nitrogens with zero attached hydrogens (tertiary/aromatic N) is 1. The second-order valence-corrected chi connectivity index (χ2v) is 8.56. The van der Waals surface area contributed by atoms with Crippen LogP contribution >= 0.6 is 0 Å². The molecular formula is C22H21NO5S. The fraction of sp³-hybridized carbons (Fsp3) is 0.136. The minimum atomic E-state index is -3.86. The Kier molecular flexibility index (Phi) is 6.00. The summed E-state index contributed by atoms with van der Waals surface area (Å²) in [5.41, 5.74) is 4.38. The fourth-order valence-electron chi connectivity index (χ4n) is 3.09. The summed E-state index contributed by atoms with van der Waals surface area (Å²) in [5, 5.41) is 18.3. The van der Waals surface area contributed by atoms with Crippen molar-refractivity contribution in [3.63, 3.8) is 0 Å². The highest BCUT2D eigenvalue weighted by Gasteiger charge is 2.19. The normalized spacial score (nSPS) is 11.2. The highest BCUT2D eigenvalue weighted by Crippen LogP contribution is 2.30. The largest absolute Gasteiger partial charge is 0.480 e. The summed E-state index contributed by atoms with van der Waals surface area (Å²) in [7, 11) is -2.00. The number of aliphatic hydroxyl groups is 1. The van der Waals surface area contributed by atoms with Crippen molar-refractivity contribution < 1.29 is 23.4 Å². The Bertz CT molecular complexity index is 1120. The number of carboxylic acids is 1. The van der Waals surface area contributed by atoms with Crippen LogP contribution in [0.3, 0.4) is 0 Å². The molecule has 0 aromatic heterocycles. The van der Waals surface area contributed by atoms with Crippen molar-refractivity contribution in [3.05, 3.63) is 78.4 Å². The van der Waals surface area contributed by atoms with Gasteiger partial charge in [0.15, 0.2) is 15.6 Å². The third kappa shape index (κ3) is 4.64. The van der Waals surface area contributed by atoms with Gasteiger partial charge >= 0.3 is 5.97 Å². The van der Waals surface area contributed by atoms with Gasteiger partial charge in [-0.05, 0) is 53.1 Å². The molecule has 0 radical (unpaired) electrons. The molecule has 3 rings (SSSR count). The summed E-state index contributed by atoms with van der Waals surface area (Å²) in [6.45, 7) is -0.0531. The Balaban J connectivity index is 1.89. The van der Waals surface area contributed by atoms with E-state index in [0.717, 1.165) is 28.1 Å². The number of carboxylic acid groups (broad SMARTS) is 1. The molecule has 7 heteroatoms. The third-order valence-electron chi connectivity index (χ3n) is 4.63. The number of sulfone groups is 1. The van der Waals surface area contributed by atoms with Crippen LogP contribution in [0, 0.1) is 0 Å². The lowest BCUT2D eigenvalue weighted by Crippen LogP contribution is -2.15. The van der Waals surface area contributed by atoms with Crippen molar-refractivity contribution in [2.45, 2.75) is 11.5 Å². The van der Waals surface area contributed by atoms with Crippen molar-refractivity contribution in [3.8, 4) is 11.1 Å². The molecule has 0 fully saturated rings. The van der Waals surface area contributed by atoms with Crippen molar-refractivity contribution in [1.82, 2.24) is 0 Å². The van der Waals surface area contributed by atoms with E-state index in [1.54, 1.807) is 12.1 Å². The second kappa shape index (κ2) is 8.46. The first kappa shape index (κ1) is 20.6. The molecule has 3 aromatic carbocycles. The van der Waals surface area contributed by atoms with Gasteiger partial charge in [-0.1, -0.05) is 36.4 Å². The molecule has 150 valence electrons. The first-order valence-corrected chi connectivity index (χ1v) is 10.5. The van der Waals surface area contributed by atoms with Crippen LogP contribution in [0.1, 0.15) is 5.56 Å². The van der Waals surface area contributed by atoms with E-state index in [4.69, 9.17) is 5.11 Å². The molecule has 0 saturated heterocycles. The molecule has 0 atom stereocenters. The number of hydrogen-bond acceptors (Lipinski definition) is 5. The van der Waals surface area contributed by atoms with Crippen LogP contribution in [0.2, 0.25) is 0 Å². The Morgan fingerprint density at radius 1 is 0.931 bits per heavy atom. The Labute approximate surface area is 169 Å². The van der Waals surface area contributed by atoms with Crippen molar-refractivity contribution in [2.75, 3.05) is 17.7 Å². The molecule has 3 aromatic rings. The van der Waals surface area contributed by atoms with E-state index in [9.17, 15) is 18.3 Å². The Morgan fingerprint density at radius 3 is 2.28 bits per heavy atom. The van der Waals surface area contributed by atoms with Crippen LogP contribution < -0.4 is 4.90 Å². The van der Waals surface area contributed by atoms with Gasteiger partial charge in [0.2, 0.25) is 0 Å². The van der Waals surface area contributed by atoms with Gasteiger partial charge in [0.25, 0.3) is 0 Å². The van der Waals surface area contributed by atoms with E-state index < -0.39 is 21.6 Å². The number of carbonyl (C=O) groups is 1. The average Bonchev–Trinajstić information content (AvgIpc) is 2.72. The van der Waals surface area contributed by atoms with Gasteiger partial charge in [-0.3, -0.25) is 4.79 Å². The lowest BCUT2D eigenvalue weighted by Gasteiger charge is -2.21. The van der Waals surface area contributed by atoms with E-state index in [1.807, 2.05) is 60.5 Å². The maximum absolute atomic E-state index is 12.0. The predicted octanol–water partition coefficient (Wildman–Crippen LogP) is 3.47. The average molecular weight is 411 g/mol. The standard InChI is InChI=1S/C22H21NO5S/c1-23(18-9-11-20(12-10-18)29(27,28)15-22(25)26)19-7-4-6-16(13-19)21-8-3-2-5-17(21)14-24/h2-13,24H,14-15H2,1H3,(H,25,26). The van der Waals surface area contributed by atoms with Crippen LogP contribution in [0.4, 0.5) is 11.4 Å². The highest BCUT2D eigenvalue weighted by molar-refractivity contribution is 7.92. The summed E-state index contributed by atoms with van der Waals surface area (Å²) in [5.74, 6) is -2.32. The quantitative estimate of drug-likeness (QED) is 0.618. The molecule has 0 bridgehead atoms. The van der Waals surface area contributed by atoms with Gasteiger partial charge in [0.05, 0.1) is 11.5 Å². The van der Waals surface area contributed by atoms with Gasteiger partial charge in [0.1, 0.15) is 0 Å². The molecule has 2 N–H and O–H groups in total. The topological polar surface area (TPSA) is 94.9 Å². The molecule has 0 aliphatic carbocycles. The SMILES string of the molecule is CN(c1ccc(S(=O)(=O)CC(=O)O)cc1)c1cccc(-c2ccccc2CO)c1. The summed E-state index contributed by atoms with van der Waals surface area (Å²) >= 11 is 0. The van der Waals surface area contributed by atoms with Crippen LogP contribution in [0.25, 0.3) is 11.1 Å². The molecule has 0 saturated carbocycles. The zero-order chi connectivity index (χ0) is 21.0. The maximum atomic E-state index is 12.0. The molecular weight excluding hydrogens is 390 g/mol. The first-order valence-electron chi connectivity index (χ1n) is 8.89. The lowest BCUT2D eigenvalue weighted by atomic mass is 9.99. The minimum Gasteiger partial charge on any atom is -0.480 e. The number of hydrogen-bond donors (Lipinski definition) is 2. The van der Waals surface area contributed by atoms with E-state index in [1.165, 1.54) is 12.1 Å². The zero-order valence-corrected chi connectivity index (χ0v) is 16.6. The van der Waals surface area contributed by atoms with Gasteiger partial charge in [-0.25, -0.2) is 8.42 Å². The number of rotatable bonds is 7. The number of aliphatic carboxylic acids is 1. The first-order chi connectivity index (χ1) is 13.8. The Hall–Kier alpha value is -3.16. The summed E-state index contributed by atoms with van der Waals surface area (Å²) in [6.07, 6.45) is 0. The van der Waals surface area contributed by atoms with Crippen LogP contribution in [0.15, 0.2) is 77.7 Å². The summed E-state index contributed by atoms with van der Waals surface area (Å²) in [4.78, 5) is 12.6. The molecule has 0 unspecified atom stereocenters. The third-order valence-corrected chi connectivity index (χ3v) is 6.25. The molecule has 0 aliphatic rings. The summed E-state index contributed by atoms with van der Waals surface area (Å²) < 4.78 is 24.1. The van der Waals surface area contributed by atoms with Gasteiger partial charge in [0, 0.05) is 18.4 Å². The summed E-state index contributed by atoms with van der Waals surface area (Å²) in [6, 6.07) is 21.5. The molecule has 0 amide bonds. The van der Waals surface area contributed by atoms with Crippen LogP contribution in [0.5, 0.6) is 0 Å². The highest BCUT2D eigenvalue weighted by atomic mass is 32.2. The number of anilines is 2. The predicted molar refractivity (Wildman–Crippen MR) is 112 cm³/mol.